The summed E-state index contributed by atoms with van der Waals surface area (Å²) in [6.45, 7) is 3.36. The third kappa shape index (κ3) is 5.27. The zero-order valence-electron chi connectivity index (χ0n) is 11.4. The molecule has 0 N–H and O–H groups in total. The van der Waals surface area contributed by atoms with Crippen LogP contribution in [0.2, 0.25) is 0 Å². The van der Waals surface area contributed by atoms with Crippen molar-refractivity contribution in [1.82, 2.24) is 9.80 Å². The van der Waals surface area contributed by atoms with Gasteiger partial charge in [0.15, 0.2) is 12.1 Å². The predicted molar refractivity (Wildman–Crippen MR) is 72.3 cm³/mol. The first-order chi connectivity index (χ1) is 8.54. The molecule has 1 saturated carbocycles. The number of rotatable bonds is 8. The van der Waals surface area contributed by atoms with Gasteiger partial charge in [-0.05, 0) is 45.2 Å². The van der Waals surface area contributed by atoms with Crippen molar-refractivity contribution in [3.8, 4) is 0 Å². The van der Waals surface area contributed by atoms with E-state index in [0.717, 1.165) is 19.1 Å². The summed E-state index contributed by atoms with van der Waals surface area (Å²) in [5.41, 5.74) is 0.203. The van der Waals surface area contributed by atoms with Crippen LogP contribution in [0, 0.1) is 0 Å². The largest absolute Gasteiger partial charge is 0.379 e. The summed E-state index contributed by atoms with van der Waals surface area (Å²) in [5, 5.41) is 0. The minimum Gasteiger partial charge on any atom is -0.379 e. The highest BCUT2D eigenvalue weighted by molar-refractivity contribution is 6.10. The van der Waals surface area contributed by atoms with Crippen molar-refractivity contribution in [3.05, 3.63) is 23.9 Å². The lowest BCUT2D eigenvalue weighted by atomic mass is 10.2. The summed E-state index contributed by atoms with van der Waals surface area (Å²) in [5.74, 6) is -0.203. The molecule has 0 aromatic heterocycles. The zero-order valence-corrected chi connectivity index (χ0v) is 11.4. The summed E-state index contributed by atoms with van der Waals surface area (Å²) >= 11 is 0. The Balaban J connectivity index is 2.31. The fourth-order valence-corrected chi connectivity index (χ4v) is 1.62. The molecule has 0 unspecified atom stereocenters. The number of carbonyl (C=O) groups is 2. The Bertz CT molecular complexity index is 357. The van der Waals surface area contributed by atoms with Crippen LogP contribution in [0.25, 0.3) is 0 Å². The fourth-order valence-electron chi connectivity index (χ4n) is 1.62. The molecule has 0 bridgehead atoms. The van der Waals surface area contributed by atoms with Gasteiger partial charge in [-0.2, -0.15) is 0 Å². The van der Waals surface area contributed by atoms with Crippen molar-refractivity contribution in [2.75, 3.05) is 27.2 Å². The number of allylic oxidation sites excluding steroid dienone is 3. The normalized spacial score (nSPS) is 16.3. The van der Waals surface area contributed by atoms with Gasteiger partial charge in [-0.3, -0.25) is 9.59 Å². The summed E-state index contributed by atoms with van der Waals surface area (Å²) in [7, 11) is 4.13. The van der Waals surface area contributed by atoms with E-state index in [9.17, 15) is 9.59 Å². The zero-order chi connectivity index (χ0) is 13.5. The number of hydrogen-bond acceptors (Lipinski definition) is 4. The molecule has 0 saturated heterocycles. The van der Waals surface area contributed by atoms with Gasteiger partial charge in [-0.1, -0.05) is 0 Å². The Morgan fingerprint density at radius 3 is 2.44 bits per heavy atom. The maximum Gasteiger partial charge on any atom is 0.163 e. The van der Waals surface area contributed by atoms with Gasteiger partial charge in [-0.15, -0.1) is 0 Å². The van der Waals surface area contributed by atoms with Crippen molar-refractivity contribution in [2.45, 2.75) is 25.8 Å². The second-order valence-electron chi connectivity index (χ2n) is 4.83. The molecular formula is C14H22N2O2. The van der Waals surface area contributed by atoms with Crippen LogP contribution in [0.3, 0.4) is 0 Å². The van der Waals surface area contributed by atoms with Gasteiger partial charge < -0.3 is 9.80 Å². The third-order valence-corrected chi connectivity index (χ3v) is 3.13. The average molecular weight is 250 g/mol. The Hall–Kier alpha value is -1.42. The van der Waals surface area contributed by atoms with Gasteiger partial charge in [0.25, 0.3) is 0 Å². The van der Waals surface area contributed by atoms with E-state index in [1.807, 2.05) is 13.2 Å². The van der Waals surface area contributed by atoms with Gasteiger partial charge >= 0.3 is 0 Å². The Morgan fingerprint density at radius 1 is 1.28 bits per heavy atom. The maximum absolute atomic E-state index is 11.0. The van der Waals surface area contributed by atoms with Crippen LogP contribution < -0.4 is 0 Å². The van der Waals surface area contributed by atoms with E-state index >= 15 is 0 Å². The fraction of sp³-hybridized carbons (Fsp3) is 0.571. The predicted octanol–water partition coefficient (Wildman–Crippen LogP) is 1.24. The first kappa shape index (κ1) is 14.6. The number of carbonyl (C=O) groups excluding carboxylic acids is 2. The summed E-state index contributed by atoms with van der Waals surface area (Å²) in [6.07, 6.45) is 8.40. The molecule has 4 nitrogen and oxygen atoms in total. The van der Waals surface area contributed by atoms with E-state index in [0.29, 0.717) is 6.29 Å². The highest BCUT2D eigenvalue weighted by atomic mass is 16.1. The SMILES string of the molecule is CC(=O)/C(C=O)=C/C=C\N(C)CCN(C)C1CC1. The number of aldehydes is 1. The lowest BCUT2D eigenvalue weighted by Gasteiger charge is -2.20. The highest BCUT2D eigenvalue weighted by Gasteiger charge is 2.25. The molecule has 18 heavy (non-hydrogen) atoms. The van der Waals surface area contributed by atoms with Gasteiger partial charge in [-0.25, -0.2) is 0 Å². The lowest BCUT2D eigenvalue weighted by molar-refractivity contribution is -0.115. The van der Waals surface area contributed by atoms with E-state index in [2.05, 4.69) is 16.8 Å². The van der Waals surface area contributed by atoms with Crippen LogP contribution in [0.4, 0.5) is 0 Å². The molecule has 1 rings (SSSR count). The molecule has 0 spiro atoms. The van der Waals surface area contributed by atoms with Gasteiger partial charge in [0.1, 0.15) is 0 Å². The van der Waals surface area contributed by atoms with Crippen molar-refractivity contribution in [1.29, 1.82) is 0 Å². The van der Waals surface area contributed by atoms with E-state index < -0.39 is 0 Å². The molecular weight excluding hydrogens is 228 g/mol. The maximum atomic E-state index is 11.0. The molecule has 0 amide bonds. The minimum absolute atomic E-state index is 0.203. The van der Waals surface area contributed by atoms with E-state index in [1.165, 1.54) is 19.8 Å². The number of ketones is 1. The molecule has 0 aromatic rings. The average Bonchev–Trinajstić information content (AvgIpc) is 3.15. The molecule has 100 valence electrons. The molecule has 4 heteroatoms. The Labute approximate surface area is 109 Å². The number of hydrogen-bond donors (Lipinski definition) is 0. The van der Waals surface area contributed by atoms with E-state index in [4.69, 9.17) is 0 Å². The summed E-state index contributed by atoms with van der Waals surface area (Å²) in [4.78, 5) is 26.0. The second-order valence-corrected chi connectivity index (χ2v) is 4.83. The van der Waals surface area contributed by atoms with Crippen molar-refractivity contribution in [2.24, 2.45) is 0 Å². The van der Waals surface area contributed by atoms with Crippen LogP contribution in [-0.2, 0) is 9.59 Å². The van der Waals surface area contributed by atoms with Gasteiger partial charge in [0.2, 0.25) is 0 Å². The lowest BCUT2D eigenvalue weighted by Crippen LogP contribution is -2.29. The minimum atomic E-state index is -0.203. The molecule has 1 fully saturated rings. The van der Waals surface area contributed by atoms with Crippen LogP contribution in [0.1, 0.15) is 19.8 Å². The Morgan fingerprint density at radius 2 is 1.94 bits per heavy atom. The van der Waals surface area contributed by atoms with Crippen LogP contribution in [0.5, 0.6) is 0 Å². The molecule has 0 aromatic carbocycles. The monoisotopic (exact) mass is 250 g/mol. The molecule has 1 aliphatic rings. The molecule has 1 aliphatic carbocycles. The molecule has 0 atom stereocenters. The highest BCUT2D eigenvalue weighted by Crippen LogP contribution is 2.24. The first-order valence-electron chi connectivity index (χ1n) is 6.29. The first-order valence-corrected chi connectivity index (χ1v) is 6.29. The summed E-state index contributed by atoms with van der Waals surface area (Å²) < 4.78 is 0. The third-order valence-electron chi connectivity index (χ3n) is 3.13. The number of likely N-dealkylation sites (N-methyl/N-ethyl adjacent to an activating group) is 2. The smallest absolute Gasteiger partial charge is 0.163 e. The number of Topliss-reactive ketones (excluding diaryl/α,β-unsaturated/α-hetero) is 1. The van der Waals surface area contributed by atoms with Crippen LogP contribution in [-0.4, -0.2) is 55.1 Å². The standard InChI is InChI=1S/C14H22N2O2/c1-12(18)13(11-17)5-4-8-15(2)9-10-16(3)14-6-7-14/h4-5,8,11,14H,6-7,9-10H2,1-3H3/b8-4-,13-5+. The van der Waals surface area contributed by atoms with Crippen LogP contribution >= 0.6 is 0 Å². The van der Waals surface area contributed by atoms with Crippen molar-refractivity contribution < 1.29 is 9.59 Å². The quantitative estimate of drug-likeness (QED) is 0.214. The van der Waals surface area contributed by atoms with Crippen molar-refractivity contribution in [3.63, 3.8) is 0 Å². The van der Waals surface area contributed by atoms with E-state index in [-0.39, 0.29) is 11.4 Å². The second kappa shape index (κ2) is 7.11. The van der Waals surface area contributed by atoms with Crippen LogP contribution in [0.15, 0.2) is 23.9 Å². The summed E-state index contributed by atoms with van der Waals surface area (Å²) in [6, 6.07) is 0.779. The topological polar surface area (TPSA) is 40.6 Å². The molecule has 0 aliphatic heterocycles. The Kier molecular flexibility index (Phi) is 5.78. The van der Waals surface area contributed by atoms with Gasteiger partial charge in [0.05, 0.1) is 5.57 Å². The van der Waals surface area contributed by atoms with Gasteiger partial charge in [0, 0.05) is 26.2 Å². The molecule has 0 heterocycles. The number of nitrogens with zero attached hydrogens (tertiary/aromatic N) is 2. The molecule has 0 radical (unpaired) electrons. The van der Waals surface area contributed by atoms with E-state index in [1.54, 1.807) is 12.2 Å². The van der Waals surface area contributed by atoms with Crippen molar-refractivity contribution >= 4 is 12.1 Å².